The van der Waals surface area contributed by atoms with Crippen molar-refractivity contribution < 1.29 is 9.21 Å². The summed E-state index contributed by atoms with van der Waals surface area (Å²) >= 11 is 0. The van der Waals surface area contributed by atoms with E-state index in [0.717, 1.165) is 17.9 Å². The Balaban J connectivity index is 1.76. The van der Waals surface area contributed by atoms with Gasteiger partial charge in [-0.3, -0.25) is 4.79 Å². The maximum atomic E-state index is 10.9. The number of nitrogens with one attached hydrogen (secondary N) is 1. The summed E-state index contributed by atoms with van der Waals surface area (Å²) in [5.74, 6) is 0.911. The van der Waals surface area contributed by atoms with Gasteiger partial charge in [0.2, 0.25) is 5.91 Å². The first-order valence-corrected chi connectivity index (χ1v) is 6.96. The third-order valence-corrected chi connectivity index (χ3v) is 3.71. The van der Waals surface area contributed by atoms with Crippen LogP contribution in [0.4, 0.5) is 0 Å². The maximum absolute atomic E-state index is 10.9. The lowest BCUT2D eigenvalue weighted by atomic mass is 10.0. The van der Waals surface area contributed by atoms with Crippen LogP contribution in [-0.4, -0.2) is 12.5 Å². The number of rotatable bonds is 5. The molecule has 0 radical (unpaired) electrons. The van der Waals surface area contributed by atoms with Crippen LogP contribution in [-0.2, 0) is 17.6 Å². The van der Waals surface area contributed by atoms with E-state index in [0.29, 0.717) is 6.54 Å². The van der Waals surface area contributed by atoms with Crippen molar-refractivity contribution in [2.75, 3.05) is 6.54 Å². The first-order chi connectivity index (χ1) is 9.22. The third-order valence-electron chi connectivity index (χ3n) is 3.71. The number of hydrogen-bond donors (Lipinski definition) is 1. The summed E-state index contributed by atoms with van der Waals surface area (Å²) in [7, 11) is 0. The molecule has 3 rings (SSSR count). The molecule has 100 valence electrons. The molecule has 1 aliphatic carbocycles. The number of benzene rings is 1. The fourth-order valence-electron chi connectivity index (χ4n) is 2.48. The first-order valence-electron chi connectivity index (χ1n) is 6.96. The van der Waals surface area contributed by atoms with Gasteiger partial charge < -0.3 is 9.73 Å². The molecule has 0 spiro atoms. The predicted molar refractivity (Wildman–Crippen MR) is 75.0 cm³/mol. The third kappa shape index (κ3) is 2.98. The quantitative estimate of drug-likeness (QED) is 0.894. The number of carbonyl (C=O) groups is 1. The molecule has 0 atom stereocenters. The second kappa shape index (κ2) is 5.08. The predicted octanol–water partition coefficient (Wildman–Crippen LogP) is 3.06. The molecular weight excluding hydrogens is 238 g/mol. The van der Waals surface area contributed by atoms with E-state index in [1.165, 1.54) is 35.8 Å². The van der Waals surface area contributed by atoms with Gasteiger partial charge in [-0.25, -0.2) is 0 Å². The van der Waals surface area contributed by atoms with Crippen molar-refractivity contribution in [2.24, 2.45) is 5.92 Å². The van der Waals surface area contributed by atoms with Crippen molar-refractivity contribution in [1.82, 2.24) is 5.32 Å². The van der Waals surface area contributed by atoms with E-state index in [-0.39, 0.29) is 5.91 Å². The molecule has 0 bridgehead atoms. The molecule has 1 aliphatic rings. The second-order valence-electron chi connectivity index (χ2n) is 5.47. The second-order valence-corrected chi connectivity index (χ2v) is 5.47. The Labute approximate surface area is 113 Å². The van der Waals surface area contributed by atoms with E-state index in [2.05, 4.69) is 23.5 Å². The minimum atomic E-state index is 0.0159. The molecule has 1 N–H and O–H groups in total. The Kier molecular flexibility index (Phi) is 3.28. The normalized spacial score (nSPS) is 14.8. The van der Waals surface area contributed by atoms with Crippen LogP contribution >= 0.6 is 0 Å². The smallest absolute Gasteiger partial charge is 0.216 e. The molecule has 1 saturated carbocycles. The number of amides is 1. The fourth-order valence-corrected chi connectivity index (χ4v) is 2.48. The highest BCUT2D eigenvalue weighted by atomic mass is 16.3. The van der Waals surface area contributed by atoms with E-state index in [1.807, 2.05) is 6.26 Å². The van der Waals surface area contributed by atoms with Crippen molar-refractivity contribution in [3.63, 3.8) is 0 Å². The van der Waals surface area contributed by atoms with Gasteiger partial charge in [-0.1, -0.05) is 6.07 Å². The van der Waals surface area contributed by atoms with Gasteiger partial charge >= 0.3 is 0 Å². The summed E-state index contributed by atoms with van der Waals surface area (Å²) in [5.41, 5.74) is 3.52. The number of carbonyl (C=O) groups excluding carboxylic acids is 1. The zero-order valence-electron chi connectivity index (χ0n) is 11.2. The van der Waals surface area contributed by atoms with E-state index >= 15 is 0 Å². The molecule has 1 aromatic carbocycles. The highest BCUT2D eigenvalue weighted by Gasteiger charge is 2.21. The minimum absolute atomic E-state index is 0.0159. The van der Waals surface area contributed by atoms with Gasteiger partial charge in [0.25, 0.3) is 0 Å². The summed E-state index contributed by atoms with van der Waals surface area (Å²) in [6, 6.07) is 6.48. The standard InChI is InChI=1S/C16H19NO2/c1-11(18)17-7-6-14-10-19-16-5-4-13(9-15(14)16)8-12-2-3-12/h4-5,9-10,12H,2-3,6-8H2,1H3,(H,17,18). The van der Waals surface area contributed by atoms with Crippen molar-refractivity contribution in [3.05, 3.63) is 35.6 Å². The zero-order valence-corrected chi connectivity index (χ0v) is 11.2. The molecule has 3 heteroatoms. The van der Waals surface area contributed by atoms with Gasteiger partial charge in [0.1, 0.15) is 5.58 Å². The Morgan fingerprint density at radius 2 is 2.26 bits per heavy atom. The zero-order chi connectivity index (χ0) is 13.2. The van der Waals surface area contributed by atoms with Crippen LogP contribution in [0.5, 0.6) is 0 Å². The minimum Gasteiger partial charge on any atom is -0.464 e. The summed E-state index contributed by atoms with van der Waals surface area (Å²) in [4.78, 5) is 10.9. The summed E-state index contributed by atoms with van der Waals surface area (Å²) in [6.07, 6.45) is 6.57. The molecule has 1 amide bonds. The van der Waals surface area contributed by atoms with Gasteiger partial charge in [0, 0.05) is 18.9 Å². The lowest BCUT2D eigenvalue weighted by molar-refractivity contribution is -0.118. The van der Waals surface area contributed by atoms with Crippen LogP contribution in [0.3, 0.4) is 0 Å². The lowest BCUT2D eigenvalue weighted by Gasteiger charge is -2.02. The van der Waals surface area contributed by atoms with Gasteiger partial charge in [0.15, 0.2) is 0 Å². The SMILES string of the molecule is CC(=O)NCCc1coc2ccc(CC3CC3)cc12. The monoisotopic (exact) mass is 257 g/mol. The molecule has 3 nitrogen and oxygen atoms in total. The van der Waals surface area contributed by atoms with Gasteiger partial charge in [-0.15, -0.1) is 0 Å². The maximum Gasteiger partial charge on any atom is 0.216 e. The van der Waals surface area contributed by atoms with E-state index in [4.69, 9.17) is 4.42 Å². The number of hydrogen-bond acceptors (Lipinski definition) is 2. The Hall–Kier alpha value is -1.77. The molecule has 1 fully saturated rings. The summed E-state index contributed by atoms with van der Waals surface area (Å²) in [5, 5.41) is 4.02. The van der Waals surface area contributed by atoms with E-state index < -0.39 is 0 Å². The molecule has 0 unspecified atom stereocenters. The van der Waals surface area contributed by atoms with E-state index in [1.54, 1.807) is 6.92 Å². The topological polar surface area (TPSA) is 42.2 Å². The van der Waals surface area contributed by atoms with Gasteiger partial charge in [0.05, 0.1) is 6.26 Å². The lowest BCUT2D eigenvalue weighted by Crippen LogP contribution is -2.22. The first kappa shape index (κ1) is 12.3. The largest absolute Gasteiger partial charge is 0.464 e. The summed E-state index contributed by atoms with van der Waals surface area (Å²) in [6.45, 7) is 2.21. The molecule has 1 aromatic heterocycles. The number of furan rings is 1. The van der Waals surface area contributed by atoms with Crippen LogP contribution in [0.2, 0.25) is 0 Å². The highest BCUT2D eigenvalue weighted by molar-refractivity contribution is 5.82. The molecule has 1 heterocycles. The summed E-state index contributed by atoms with van der Waals surface area (Å²) < 4.78 is 5.57. The average molecular weight is 257 g/mol. The molecular formula is C16H19NO2. The molecule has 0 saturated heterocycles. The fraction of sp³-hybridized carbons (Fsp3) is 0.438. The van der Waals surface area contributed by atoms with Crippen LogP contribution in [0.1, 0.15) is 30.9 Å². The Bertz CT molecular complexity index is 596. The van der Waals surface area contributed by atoms with Crippen molar-refractivity contribution >= 4 is 16.9 Å². The molecule has 0 aliphatic heterocycles. The Morgan fingerprint density at radius 3 is 3.00 bits per heavy atom. The highest BCUT2D eigenvalue weighted by Crippen LogP contribution is 2.33. The Morgan fingerprint density at radius 1 is 1.42 bits per heavy atom. The van der Waals surface area contributed by atoms with Crippen LogP contribution < -0.4 is 5.32 Å². The van der Waals surface area contributed by atoms with Crippen LogP contribution in [0.15, 0.2) is 28.9 Å². The van der Waals surface area contributed by atoms with Crippen molar-refractivity contribution in [1.29, 1.82) is 0 Å². The molecule has 2 aromatic rings. The van der Waals surface area contributed by atoms with E-state index in [9.17, 15) is 4.79 Å². The van der Waals surface area contributed by atoms with Crippen LogP contribution in [0, 0.1) is 5.92 Å². The van der Waals surface area contributed by atoms with Gasteiger partial charge in [-0.2, -0.15) is 0 Å². The van der Waals surface area contributed by atoms with Crippen LogP contribution in [0.25, 0.3) is 11.0 Å². The average Bonchev–Trinajstić information content (AvgIpc) is 3.10. The van der Waals surface area contributed by atoms with Crippen molar-refractivity contribution in [3.8, 4) is 0 Å². The van der Waals surface area contributed by atoms with Crippen molar-refractivity contribution in [2.45, 2.75) is 32.6 Å². The number of fused-ring (bicyclic) bond motifs is 1. The van der Waals surface area contributed by atoms with Gasteiger partial charge in [-0.05, 0) is 54.9 Å². The molecule has 19 heavy (non-hydrogen) atoms.